The Kier molecular flexibility index (Phi) is 12.2. The van der Waals surface area contributed by atoms with Crippen LogP contribution in [0.25, 0.3) is 0 Å². The number of hydrogen-bond acceptors (Lipinski definition) is 4. The van der Waals surface area contributed by atoms with Gasteiger partial charge in [-0.15, -0.1) is 24.0 Å². The van der Waals surface area contributed by atoms with Crippen LogP contribution in [-0.2, 0) is 11.3 Å². The van der Waals surface area contributed by atoms with E-state index in [9.17, 15) is 4.79 Å². The first-order valence-corrected chi connectivity index (χ1v) is 10.1. The first-order chi connectivity index (χ1) is 13.5. The molecule has 0 saturated heterocycles. The molecule has 1 saturated carbocycles. The SMILES string of the molecule is CCNC(=NCc1ccc(C(=O)N(C)C)cc1)NCCN(CCOC)C1CC1.I. The number of nitrogens with zero attached hydrogens (tertiary/aromatic N) is 3. The average Bonchev–Trinajstić information content (AvgIpc) is 3.53. The van der Waals surface area contributed by atoms with Crippen molar-refractivity contribution in [1.29, 1.82) is 0 Å². The number of aliphatic imine (C=N–C) groups is 1. The maximum atomic E-state index is 12.0. The normalized spacial score (nSPS) is 13.8. The Morgan fingerprint density at radius 2 is 1.86 bits per heavy atom. The van der Waals surface area contributed by atoms with Gasteiger partial charge in [0.2, 0.25) is 0 Å². The number of guanidine groups is 1. The number of halogens is 1. The highest BCUT2D eigenvalue weighted by atomic mass is 127. The molecule has 7 nitrogen and oxygen atoms in total. The molecule has 0 unspecified atom stereocenters. The lowest BCUT2D eigenvalue weighted by atomic mass is 10.1. The van der Waals surface area contributed by atoms with Crippen LogP contribution in [0.15, 0.2) is 29.3 Å². The van der Waals surface area contributed by atoms with E-state index in [-0.39, 0.29) is 29.9 Å². The van der Waals surface area contributed by atoms with Gasteiger partial charge in [0.05, 0.1) is 13.2 Å². The van der Waals surface area contributed by atoms with Crippen molar-refractivity contribution in [2.24, 2.45) is 4.99 Å². The van der Waals surface area contributed by atoms with Gasteiger partial charge >= 0.3 is 0 Å². The van der Waals surface area contributed by atoms with E-state index >= 15 is 0 Å². The van der Waals surface area contributed by atoms with Gasteiger partial charge in [-0.3, -0.25) is 9.69 Å². The monoisotopic (exact) mass is 517 g/mol. The molecule has 1 aromatic rings. The van der Waals surface area contributed by atoms with E-state index in [2.05, 4.69) is 27.4 Å². The van der Waals surface area contributed by atoms with Crippen molar-refractivity contribution in [3.63, 3.8) is 0 Å². The Morgan fingerprint density at radius 3 is 2.41 bits per heavy atom. The molecule has 0 atom stereocenters. The first kappa shape index (κ1) is 25.6. The Balaban J connectivity index is 0.00000420. The zero-order valence-corrected chi connectivity index (χ0v) is 20.4. The minimum atomic E-state index is 0. The van der Waals surface area contributed by atoms with Crippen LogP contribution >= 0.6 is 24.0 Å². The first-order valence-electron chi connectivity index (χ1n) is 10.1. The number of ether oxygens (including phenoxy) is 1. The summed E-state index contributed by atoms with van der Waals surface area (Å²) in [5, 5.41) is 6.71. The molecular weight excluding hydrogens is 481 g/mol. The predicted molar refractivity (Wildman–Crippen MR) is 129 cm³/mol. The highest BCUT2D eigenvalue weighted by Gasteiger charge is 2.28. The summed E-state index contributed by atoms with van der Waals surface area (Å²) in [7, 11) is 5.27. The van der Waals surface area contributed by atoms with E-state index in [1.165, 1.54) is 12.8 Å². The minimum absolute atomic E-state index is 0. The summed E-state index contributed by atoms with van der Waals surface area (Å²) in [6.07, 6.45) is 2.59. The fraction of sp³-hybridized carbons (Fsp3) is 0.619. The van der Waals surface area contributed by atoms with Crippen LogP contribution in [0.1, 0.15) is 35.7 Å². The van der Waals surface area contributed by atoms with Gasteiger partial charge in [-0.25, -0.2) is 4.99 Å². The van der Waals surface area contributed by atoms with Crippen molar-refractivity contribution in [2.45, 2.75) is 32.4 Å². The van der Waals surface area contributed by atoms with Gasteiger partial charge in [0.25, 0.3) is 5.91 Å². The highest BCUT2D eigenvalue weighted by molar-refractivity contribution is 14.0. The van der Waals surface area contributed by atoms with Crippen LogP contribution in [0.2, 0.25) is 0 Å². The van der Waals surface area contributed by atoms with E-state index in [0.29, 0.717) is 12.1 Å². The van der Waals surface area contributed by atoms with Crippen molar-refractivity contribution in [3.8, 4) is 0 Å². The Labute approximate surface area is 192 Å². The van der Waals surface area contributed by atoms with Gasteiger partial charge in [0.1, 0.15) is 0 Å². The molecule has 0 aliphatic heterocycles. The number of carbonyl (C=O) groups excluding carboxylic acids is 1. The molecule has 1 aromatic carbocycles. The molecule has 29 heavy (non-hydrogen) atoms. The van der Waals surface area contributed by atoms with Crippen LogP contribution in [0.5, 0.6) is 0 Å². The molecule has 1 fully saturated rings. The second-order valence-electron chi connectivity index (χ2n) is 7.28. The molecule has 0 aromatic heterocycles. The van der Waals surface area contributed by atoms with E-state index in [1.807, 2.05) is 24.3 Å². The van der Waals surface area contributed by atoms with Gasteiger partial charge in [0.15, 0.2) is 5.96 Å². The van der Waals surface area contributed by atoms with Crippen molar-refractivity contribution in [3.05, 3.63) is 35.4 Å². The summed E-state index contributed by atoms with van der Waals surface area (Å²) in [4.78, 5) is 20.7. The Bertz CT molecular complexity index is 632. The van der Waals surface area contributed by atoms with E-state index in [0.717, 1.165) is 50.4 Å². The van der Waals surface area contributed by atoms with E-state index in [1.54, 1.807) is 26.1 Å². The molecule has 0 heterocycles. The fourth-order valence-electron chi connectivity index (χ4n) is 2.97. The van der Waals surface area contributed by atoms with Crippen molar-refractivity contribution in [1.82, 2.24) is 20.4 Å². The zero-order chi connectivity index (χ0) is 20.4. The van der Waals surface area contributed by atoms with E-state index in [4.69, 9.17) is 4.74 Å². The summed E-state index contributed by atoms with van der Waals surface area (Å²) in [6.45, 7) is 7.04. The molecular formula is C21H36IN5O2. The third kappa shape index (κ3) is 9.31. The van der Waals surface area contributed by atoms with Crippen LogP contribution in [0, 0.1) is 0 Å². The summed E-state index contributed by atoms with van der Waals surface area (Å²) in [6, 6.07) is 8.36. The number of methoxy groups -OCH3 is 1. The number of rotatable bonds is 11. The van der Waals surface area contributed by atoms with Gasteiger partial charge in [-0.05, 0) is 37.5 Å². The standard InChI is InChI=1S/C21H35N5O2.HI/c1-5-22-21(23-12-13-26(14-15-28-4)19-10-11-19)24-16-17-6-8-18(9-7-17)20(27)25(2)3;/h6-9,19H,5,10-16H2,1-4H3,(H2,22,23,24);1H. The second-order valence-corrected chi connectivity index (χ2v) is 7.28. The predicted octanol–water partition coefficient (Wildman–Crippen LogP) is 2.17. The molecule has 0 spiro atoms. The largest absolute Gasteiger partial charge is 0.383 e. The number of amides is 1. The van der Waals surface area contributed by atoms with Crippen LogP contribution < -0.4 is 10.6 Å². The average molecular weight is 517 g/mol. The quantitative estimate of drug-likeness (QED) is 0.268. The lowest BCUT2D eigenvalue weighted by Crippen LogP contribution is -2.42. The topological polar surface area (TPSA) is 69.2 Å². The molecule has 8 heteroatoms. The minimum Gasteiger partial charge on any atom is -0.383 e. The summed E-state index contributed by atoms with van der Waals surface area (Å²) in [5.74, 6) is 0.831. The number of hydrogen-bond donors (Lipinski definition) is 2. The zero-order valence-electron chi connectivity index (χ0n) is 18.1. The third-order valence-electron chi connectivity index (χ3n) is 4.71. The Morgan fingerprint density at radius 1 is 1.17 bits per heavy atom. The fourth-order valence-corrected chi connectivity index (χ4v) is 2.97. The molecule has 0 radical (unpaired) electrons. The lowest BCUT2D eigenvalue weighted by Gasteiger charge is -2.22. The van der Waals surface area contributed by atoms with Gasteiger partial charge in [-0.2, -0.15) is 0 Å². The van der Waals surface area contributed by atoms with Crippen molar-refractivity contribution < 1.29 is 9.53 Å². The molecule has 1 aliphatic rings. The molecule has 2 rings (SSSR count). The van der Waals surface area contributed by atoms with Gasteiger partial charge in [0, 0.05) is 59.0 Å². The second kappa shape index (κ2) is 13.8. The number of nitrogens with one attached hydrogen (secondary N) is 2. The molecule has 1 aliphatic carbocycles. The van der Waals surface area contributed by atoms with Crippen LogP contribution in [0.4, 0.5) is 0 Å². The smallest absolute Gasteiger partial charge is 0.253 e. The molecule has 1 amide bonds. The maximum absolute atomic E-state index is 12.0. The summed E-state index contributed by atoms with van der Waals surface area (Å²) in [5.41, 5.74) is 1.77. The van der Waals surface area contributed by atoms with Crippen LogP contribution in [0.3, 0.4) is 0 Å². The number of carbonyl (C=O) groups is 1. The summed E-state index contributed by atoms with van der Waals surface area (Å²) < 4.78 is 5.22. The van der Waals surface area contributed by atoms with Crippen molar-refractivity contribution >= 4 is 35.8 Å². The molecule has 2 N–H and O–H groups in total. The third-order valence-corrected chi connectivity index (χ3v) is 4.71. The van der Waals surface area contributed by atoms with Gasteiger partial charge in [-0.1, -0.05) is 12.1 Å². The Hall–Kier alpha value is -1.39. The maximum Gasteiger partial charge on any atom is 0.253 e. The summed E-state index contributed by atoms with van der Waals surface area (Å²) >= 11 is 0. The number of benzene rings is 1. The van der Waals surface area contributed by atoms with Gasteiger partial charge < -0.3 is 20.3 Å². The molecule has 164 valence electrons. The lowest BCUT2D eigenvalue weighted by molar-refractivity contribution is 0.0827. The highest BCUT2D eigenvalue weighted by Crippen LogP contribution is 2.25. The van der Waals surface area contributed by atoms with Crippen molar-refractivity contribution in [2.75, 3.05) is 54.0 Å². The molecule has 0 bridgehead atoms. The van der Waals surface area contributed by atoms with E-state index < -0.39 is 0 Å². The van der Waals surface area contributed by atoms with Crippen LogP contribution in [-0.4, -0.2) is 81.7 Å².